The van der Waals surface area contributed by atoms with E-state index < -0.39 is 32.1 Å². The molecule has 0 bridgehead atoms. The van der Waals surface area contributed by atoms with Crippen molar-refractivity contribution < 1.29 is 41.2 Å². The summed E-state index contributed by atoms with van der Waals surface area (Å²) in [6.07, 6.45) is -4.38. The quantitative estimate of drug-likeness (QED) is 0.304. The number of rotatable bonds is 9. The highest BCUT2D eigenvalue weighted by Crippen LogP contribution is 2.43. The third kappa shape index (κ3) is 8.31. The Balaban J connectivity index is 3.85. The van der Waals surface area contributed by atoms with Gasteiger partial charge >= 0.3 is 20.0 Å². The van der Waals surface area contributed by atoms with Crippen molar-refractivity contribution in [3.63, 3.8) is 0 Å². The maximum Gasteiger partial charge on any atom is 0.472 e. The highest BCUT2D eigenvalue weighted by atomic mass is 31.2. The Bertz CT molecular complexity index is 382. The average Bonchev–Trinajstić information content (AvgIpc) is 2.33. The molecule has 0 spiro atoms. The predicted molar refractivity (Wildman–Crippen MR) is 62.8 cm³/mol. The number of hydrogen-bond donors (Lipinski definition) is 1. The molecule has 10 heteroatoms. The van der Waals surface area contributed by atoms with E-state index in [1.165, 1.54) is 0 Å². The molecule has 0 saturated carbocycles. The Morgan fingerprint density at radius 2 is 1.80 bits per heavy atom. The van der Waals surface area contributed by atoms with Gasteiger partial charge in [-0.05, 0) is 6.42 Å². The lowest BCUT2D eigenvalue weighted by Crippen LogP contribution is -2.21. The van der Waals surface area contributed by atoms with Gasteiger partial charge in [0.1, 0.15) is 5.57 Å². The summed E-state index contributed by atoms with van der Waals surface area (Å²) in [6, 6.07) is 0. The zero-order chi connectivity index (χ0) is 15.8. The SMILES string of the molecule is C=C(C(=O)OCCCOP(=O)(O)OCCC)C(F)(F)F. The van der Waals surface area contributed by atoms with Gasteiger partial charge < -0.3 is 9.63 Å². The fourth-order valence-electron chi connectivity index (χ4n) is 0.850. The number of carbonyl (C=O) groups is 1. The molecule has 0 saturated heterocycles. The number of halogens is 3. The Hall–Kier alpha value is -0.890. The number of phosphoric ester groups is 1. The molecule has 0 rings (SSSR count). The van der Waals surface area contributed by atoms with E-state index in [1.807, 2.05) is 0 Å². The van der Waals surface area contributed by atoms with Crippen LogP contribution >= 0.6 is 7.82 Å². The van der Waals surface area contributed by atoms with Crippen molar-refractivity contribution in [1.82, 2.24) is 0 Å². The molecular weight excluding hydrogens is 304 g/mol. The molecule has 0 aliphatic rings. The van der Waals surface area contributed by atoms with Gasteiger partial charge in [-0.15, -0.1) is 0 Å². The fraction of sp³-hybridized carbons (Fsp3) is 0.700. The van der Waals surface area contributed by atoms with Gasteiger partial charge in [-0.25, -0.2) is 9.36 Å². The summed E-state index contributed by atoms with van der Waals surface area (Å²) in [5.41, 5.74) is -1.61. The van der Waals surface area contributed by atoms with Crippen LogP contribution in [0.25, 0.3) is 0 Å². The Kier molecular flexibility index (Phi) is 8.03. The molecule has 1 N–H and O–H groups in total. The standard InChI is InChI=1S/C10H16F3O6P/c1-3-5-18-20(15,16)19-7-4-6-17-9(14)8(2)10(11,12)13/h2-7H2,1H3,(H,15,16). The second-order valence-electron chi connectivity index (χ2n) is 3.60. The van der Waals surface area contributed by atoms with E-state index in [1.54, 1.807) is 6.92 Å². The van der Waals surface area contributed by atoms with Crippen molar-refractivity contribution in [3.8, 4) is 0 Å². The second kappa shape index (κ2) is 8.41. The number of esters is 1. The van der Waals surface area contributed by atoms with E-state index in [0.717, 1.165) is 0 Å². The summed E-state index contributed by atoms with van der Waals surface area (Å²) >= 11 is 0. The minimum Gasteiger partial charge on any atom is -0.462 e. The molecular formula is C10H16F3O6P. The maximum atomic E-state index is 12.0. The summed E-state index contributed by atoms with van der Waals surface area (Å²) in [5.74, 6) is -1.59. The molecule has 0 fully saturated rings. The number of alkyl halides is 3. The van der Waals surface area contributed by atoms with E-state index in [0.29, 0.717) is 6.42 Å². The highest BCUT2D eigenvalue weighted by Gasteiger charge is 2.37. The summed E-state index contributed by atoms with van der Waals surface area (Å²) in [4.78, 5) is 20.0. The first-order valence-corrected chi connectivity index (χ1v) is 7.15. The van der Waals surface area contributed by atoms with Gasteiger partial charge in [-0.1, -0.05) is 13.5 Å². The van der Waals surface area contributed by atoms with Crippen LogP contribution in [0.3, 0.4) is 0 Å². The van der Waals surface area contributed by atoms with Crippen LogP contribution in [0.4, 0.5) is 13.2 Å². The van der Waals surface area contributed by atoms with Crippen LogP contribution in [0.15, 0.2) is 12.2 Å². The zero-order valence-electron chi connectivity index (χ0n) is 10.8. The Labute approximate surface area is 114 Å². The molecule has 0 aromatic rings. The van der Waals surface area contributed by atoms with Crippen molar-refractivity contribution in [2.45, 2.75) is 25.9 Å². The first-order chi connectivity index (χ1) is 9.10. The van der Waals surface area contributed by atoms with Gasteiger partial charge in [0, 0.05) is 6.42 Å². The fourth-order valence-corrected chi connectivity index (χ4v) is 1.70. The van der Waals surface area contributed by atoms with Gasteiger partial charge in [-0.3, -0.25) is 9.05 Å². The van der Waals surface area contributed by atoms with Crippen LogP contribution in [-0.4, -0.2) is 36.9 Å². The summed E-state index contributed by atoms with van der Waals surface area (Å²) in [6.45, 7) is 3.62. The predicted octanol–water partition coefficient (Wildman–Crippen LogP) is 2.58. The van der Waals surface area contributed by atoms with Crippen LogP contribution in [0.5, 0.6) is 0 Å². The molecule has 0 heterocycles. The Morgan fingerprint density at radius 3 is 2.30 bits per heavy atom. The van der Waals surface area contributed by atoms with Crippen molar-refractivity contribution in [1.29, 1.82) is 0 Å². The lowest BCUT2D eigenvalue weighted by molar-refractivity contribution is -0.150. The lowest BCUT2D eigenvalue weighted by Gasteiger charge is -2.12. The van der Waals surface area contributed by atoms with Crippen LogP contribution in [0.2, 0.25) is 0 Å². The highest BCUT2D eigenvalue weighted by molar-refractivity contribution is 7.47. The normalized spacial score (nSPS) is 14.7. The van der Waals surface area contributed by atoms with Gasteiger partial charge in [0.25, 0.3) is 0 Å². The van der Waals surface area contributed by atoms with E-state index in [4.69, 9.17) is 4.89 Å². The number of phosphoric acid groups is 1. The number of ether oxygens (including phenoxy) is 1. The maximum absolute atomic E-state index is 12.0. The smallest absolute Gasteiger partial charge is 0.462 e. The van der Waals surface area contributed by atoms with E-state index in [-0.39, 0.29) is 19.6 Å². The van der Waals surface area contributed by atoms with Crippen molar-refractivity contribution in [2.75, 3.05) is 19.8 Å². The molecule has 1 unspecified atom stereocenters. The monoisotopic (exact) mass is 320 g/mol. The van der Waals surface area contributed by atoms with Gasteiger partial charge in [0.15, 0.2) is 0 Å². The second-order valence-corrected chi connectivity index (χ2v) is 5.05. The van der Waals surface area contributed by atoms with Crippen LogP contribution in [0, 0.1) is 0 Å². The molecule has 118 valence electrons. The summed E-state index contributed by atoms with van der Waals surface area (Å²) < 4.78 is 60.5. The molecule has 0 aromatic heterocycles. The minimum atomic E-state index is -4.84. The molecule has 20 heavy (non-hydrogen) atoms. The molecule has 0 aliphatic carbocycles. The van der Waals surface area contributed by atoms with E-state index in [9.17, 15) is 22.5 Å². The van der Waals surface area contributed by atoms with E-state index >= 15 is 0 Å². The minimum absolute atomic E-state index is 0.0359. The Morgan fingerprint density at radius 1 is 1.25 bits per heavy atom. The first kappa shape index (κ1) is 19.1. The molecule has 0 radical (unpaired) electrons. The molecule has 0 aromatic carbocycles. The summed E-state index contributed by atoms with van der Waals surface area (Å²) in [7, 11) is -4.16. The zero-order valence-corrected chi connectivity index (χ0v) is 11.7. The average molecular weight is 320 g/mol. The largest absolute Gasteiger partial charge is 0.472 e. The van der Waals surface area contributed by atoms with Crippen molar-refractivity contribution >= 4 is 13.8 Å². The van der Waals surface area contributed by atoms with Crippen LogP contribution < -0.4 is 0 Å². The van der Waals surface area contributed by atoms with Gasteiger partial charge in [-0.2, -0.15) is 13.2 Å². The van der Waals surface area contributed by atoms with Crippen LogP contribution in [-0.2, 0) is 23.1 Å². The lowest BCUT2D eigenvalue weighted by atomic mass is 10.3. The molecule has 6 nitrogen and oxygen atoms in total. The number of hydrogen-bond acceptors (Lipinski definition) is 5. The van der Waals surface area contributed by atoms with Crippen molar-refractivity contribution in [2.24, 2.45) is 0 Å². The topological polar surface area (TPSA) is 82.1 Å². The third-order valence-corrected chi connectivity index (χ3v) is 2.84. The van der Waals surface area contributed by atoms with E-state index in [2.05, 4.69) is 20.4 Å². The molecule has 0 amide bonds. The first-order valence-electron chi connectivity index (χ1n) is 5.65. The van der Waals surface area contributed by atoms with Gasteiger partial charge in [0.05, 0.1) is 19.8 Å². The van der Waals surface area contributed by atoms with Gasteiger partial charge in [0.2, 0.25) is 0 Å². The molecule has 0 aliphatic heterocycles. The number of carbonyl (C=O) groups excluding carboxylic acids is 1. The summed E-state index contributed by atoms with van der Waals surface area (Å²) in [5, 5.41) is 0. The van der Waals surface area contributed by atoms with Crippen molar-refractivity contribution in [3.05, 3.63) is 12.2 Å². The molecule has 1 atom stereocenters. The third-order valence-electron chi connectivity index (χ3n) is 1.82. The van der Waals surface area contributed by atoms with Crippen LogP contribution in [0.1, 0.15) is 19.8 Å².